The number of amides is 2. The topological polar surface area (TPSA) is 80.8 Å². The first-order valence-corrected chi connectivity index (χ1v) is 9.03. The Labute approximate surface area is 160 Å². The number of benzene rings is 2. The highest BCUT2D eigenvalue weighted by molar-refractivity contribution is 6.06. The Morgan fingerprint density at radius 3 is 2.96 bits per heavy atom. The molecule has 5 rings (SSSR count). The maximum absolute atomic E-state index is 12.8. The molecule has 0 radical (unpaired) electrons. The van der Waals surface area contributed by atoms with Crippen LogP contribution in [0.4, 0.5) is 11.4 Å². The van der Waals surface area contributed by atoms with Gasteiger partial charge in [0.1, 0.15) is 0 Å². The summed E-state index contributed by atoms with van der Waals surface area (Å²) in [6.45, 7) is 0.509. The van der Waals surface area contributed by atoms with Crippen molar-refractivity contribution in [3.63, 3.8) is 0 Å². The first-order chi connectivity index (χ1) is 13.7. The minimum Gasteiger partial charge on any atom is -0.454 e. The smallest absolute Gasteiger partial charge is 0.231 e. The van der Waals surface area contributed by atoms with E-state index in [1.54, 1.807) is 29.4 Å². The van der Waals surface area contributed by atoms with Gasteiger partial charge < -0.3 is 19.7 Å². The van der Waals surface area contributed by atoms with E-state index in [2.05, 4.69) is 10.3 Å². The van der Waals surface area contributed by atoms with Crippen LogP contribution in [0, 0.1) is 5.92 Å². The summed E-state index contributed by atoms with van der Waals surface area (Å²) in [5.41, 5.74) is 1.43. The number of carbonyl (C=O) groups is 2. The van der Waals surface area contributed by atoms with Gasteiger partial charge in [0, 0.05) is 53.6 Å². The van der Waals surface area contributed by atoms with Crippen molar-refractivity contribution in [2.75, 3.05) is 23.6 Å². The second kappa shape index (κ2) is 6.53. The monoisotopic (exact) mass is 375 g/mol. The lowest BCUT2D eigenvalue weighted by atomic mass is 10.1. The molecule has 0 unspecified atom stereocenters. The Bertz CT molecular complexity index is 1090. The fourth-order valence-electron chi connectivity index (χ4n) is 3.65. The lowest BCUT2D eigenvalue weighted by Gasteiger charge is -2.17. The molecule has 1 fully saturated rings. The molecule has 0 saturated carbocycles. The van der Waals surface area contributed by atoms with E-state index in [1.807, 2.05) is 30.3 Å². The molecule has 0 spiro atoms. The lowest BCUT2D eigenvalue weighted by Crippen LogP contribution is -2.28. The molecule has 2 aliphatic rings. The summed E-state index contributed by atoms with van der Waals surface area (Å²) in [5, 5.41) is 4.84. The fraction of sp³-hybridized carbons (Fsp3) is 0.190. The van der Waals surface area contributed by atoms with Crippen molar-refractivity contribution in [1.82, 2.24) is 4.98 Å². The van der Waals surface area contributed by atoms with Crippen molar-refractivity contribution in [1.29, 1.82) is 0 Å². The molecule has 2 amide bonds. The number of hydrogen-bond acceptors (Lipinski definition) is 5. The zero-order chi connectivity index (χ0) is 19.1. The average molecular weight is 375 g/mol. The van der Waals surface area contributed by atoms with Crippen LogP contribution in [0.2, 0.25) is 0 Å². The van der Waals surface area contributed by atoms with E-state index in [0.717, 1.165) is 16.5 Å². The highest BCUT2D eigenvalue weighted by atomic mass is 16.7. The van der Waals surface area contributed by atoms with Gasteiger partial charge in [0.05, 0.1) is 5.92 Å². The van der Waals surface area contributed by atoms with Gasteiger partial charge in [0.25, 0.3) is 0 Å². The lowest BCUT2D eigenvalue weighted by molar-refractivity contribution is -0.122. The SMILES string of the molecule is O=C(Nc1cccc2cnccc12)[C@@H]1CC(=O)N(c2ccc3c(c2)OCO3)C1. The number of carbonyl (C=O) groups excluding carboxylic acids is 2. The van der Waals surface area contributed by atoms with Gasteiger partial charge in [-0.2, -0.15) is 0 Å². The molecular weight excluding hydrogens is 358 g/mol. The standard InChI is InChI=1S/C21H17N3O4/c25-20-8-14(11-24(20)15-4-5-18-19(9-15)28-12-27-18)21(26)23-17-3-1-2-13-10-22-7-6-16(13)17/h1-7,9-10,14H,8,11-12H2,(H,23,26)/t14-/m1/s1. The van der Waals surface area contributed by atoms with E-state index in [9.17, 15) is 9.59 Å². The zero-order valence-electron chi connectivity index (χ0n) is 14.9. The number of anilines is 2. The largest absolute Gasteiger partial charge is 0.454 e. The highest BCUT2D eigenvalue weighted by Gasteiger charge is 2.35. The summed E-state index contributed by atoms with van der Waals surface area (Å²) < 4.78 is 10.7. The summed E-state index contributed by atoms with van der Waals surface area (Å²) in [5.74, 6) is 0.606. The molecule has 1 atom stereocenters. The molecule has 7 heteroatoms. The van der Waals surface area contributed by atoms with Gasteiger partial charge in [-0.05, 0) is 24.3 Å². The van der Waals surface area contributed by atoms with Crippen molar-refractivity contribution in [3.8, 4) is 11.5 Å². The van der Waals surface area contributed by atoms with Crippen LogP contribution < -0.4 is 19.7 Å². The Hall–Kier alpha value is -3.61. The van der Waals surface area contributed by atoms with Crippen molar-refractivity contribution >= 4 is 34.0 Å². The molecule has 1 N–H and O–H groups in total. The highest BCUT2D eigenvalue weighted by Crippen LogP contribution is 2.37. The second-order valence-corrected chi connectivity index (χ2v) is 6.83. The van der Waals surface area contributed by atoms with Gasteiger partial charge in [-0.15, -0.1) is 0 Å². The quantitative estimate of drug-likeness (QED) is 0.761. The maximum atomic E-state index is 12.8. The van der Waals surface area contributed by atoms with Crippen LogP contribution in [-0.4, -0.2) is 30.1 Å². The number of aromatic nitrogens is 1. The summed E-state index contributed by atoms with van der Waals surface area (Å²) in [6, 6.07) is 12.9. The first-order valence-electron chi connectivity index (χ1n) is 9.03. The molecule has 3 aromatic rings. The van der Waals surface area contributed by atoms with Gasteiger partial charge in [0.2, 0.25) is 18.6 Å². The van der Waals surface area contributed by atoms with Crippen molar-refractivity contribution in [2.24, 2.45) is 5.92 Å². The van der Waals surface area contributed by atoms with Crippen molar-refractivity contribution < 1.29 is 19.1 Å². The number of pyridine rings is 1. The molecule has 28 heavy (non-hydrogen) atoms. The minimum atomic E-state index is -0.421. The Morgan fingerprint density at radius 1 is 1.14 bits per heavy atom. The molecule has 2 aromatic carbocycles. The van der Waals surface area contributed by atoms with Crippen LogP contribution in [0.5, 0.6) is 11.5 Å². The predicted octanol–water partition coefficient (Wildman–Crippen LogP) is 2.96. The van der Waals surface area contributed by atoms with E-state index < -0.39 is 5.92 Å². The molecule has 2 aliphatic heterocycles. The number of hydrogen-bond donors (Lipinski definition) is 1. The van der Waals surface area contributed by atoms with Crippen LogP contribution in [-0.2, 0) is 9.59 Å². The number of fused-ring (bicyclic) bond motifs is 2. The van der Waals surface area contributed by atoms with E-state index in [4.69, 9.17) is 9.47 Å². The third kappa shape index (κ3) is 2.81. The van der Waals surface area contributed by atoms with Gasteiger partial charge in [-0.3, -0.25) is 14.6 Å². The van der Waals surface area contributed by atoms with Gasteiger partial charge >= 0.3 is 0 Å². The number of ether oxygens (including phenoxy) is 2. The van der Waals surface area contributed by atoms with E-state index in [-0.39, 0.29) is 25.0 Å². The molecule has 140 valence electrons. The van der Waals surface area contributed by atoms with Gasteiger partial charge in [-0.25, -0.2) is 0 Å². The third-order valence-corrected chi connectivity index (χ3v) is 5.10. The molecule has 0 bridgehead atoms. The van der Waals surface area contributed by atoms with E-state index >= 15 is 0 Å². The summed E-state index contributed by atoms with van der Waals surface area (Å²) in [7, 11) is 0. The summed E-state index contributed by atoms with van der Waals surface area (Å²) in [6.07, 6.45) is 3.62. The second-order valence-electron chi connectivity index (χ2n) is 6.83. The van der Waals surface area contributed by atoms with Crippen LogP contribution in [0.1, 0.15) is 6.42 Å². The van der Waals surface area contributed by atoms with Crippen LogP contribution in [0.3, 0.4) is 0 Å². The van der Waals surface area contributed by atoms with Crippen molar-refractivity contribution in [3.05, 3.63) is 54.9 Å². The fourth-order valence-corrected chi connectivity index (χ4v) is 3.65. The molecule has 3 heterocycles. The maximum Gasteiger partial charge on any atom is 0.231 e. The first kappa shape index (κ1) is 16.6. The van der Waals surface area contributed by atoms with Gasteiger partial charge in [-0.1, -0.05) is 12.1 Å². The molecule has 0 aliphatic carbocycles. The summed E-state index contributed by atoms with van der Waals surface area (Å²) in [4.78, 5) is 31.1. The number of nitrogens with one attached hydrogen (secondary N) is 1. The van der Waals surface area contributed by atoms with E-state index in [0.29, 0.717) is 23.7 Å². The number of nitrogens with zero attached hydrogens (tertiary/aromatic N) is 2. The molecule has 1 saturated heterocycles. The molecule has 7 nitrogen and oxygen atoms in total. The number of rotatable bonds is 3. The van der Waals surface area contributed by atoms with Crippen molar-refractivity contribution in [2.45, 2.75) is 6.42 Å². The van der Waals surface area contributed by atoms with Crippen LogP contribution in [0.25, 0.3) is 10.8 Å². The molecule has 1 aromatic heterocycles. The third-order valence-electron chi connectivity index (χ3n) is 5.10. The molecular formula is C21H17N3O4. The predicted molar refractivity (Wildman–Crippen MR) is 103 cm³/mol. The zero-order valence-corrected chi connectivity index (χ0v) is 14.9. The average Bonchev–Trinajstić information content (AvgIpc) is 3.34. The van der Waals surface area contributed by atoms with E-state index in [1.165, 1.54) is 0 Å². The van der Waals surface area contributed by atoms with Crippen LogP contribution >= 0.6 is 0 Å². The van der Waals surface area contributed by atoms with Gasteiger partial charge in [0.15, 0.2) is 11.5 Å². The Kier molecular flexibility index (Phi) is 3.86. The normalized spacial score (nSPS) is 17.9. The summed E-state index contributed by atoms with van der Waals surface area (Å²) >= 11 is 0. The van der Waals surface area contributed by atoms with Crippen LogP contribution in [0.15, 0.2) is 54.9 Å². The Balaban J connectivity index is 1.34. The Morgan fingerprint density at radius 2 is 2.04 bits per heavy atom. The minimum absolute atomic E-state index is 0.0823.